The van der Waals surface area contributed by atoms with Crippen LogP contribution in [0.3, 0.4) is 0 Å². The summed E-state index contributed by atoms with van der Waals surface area (Å²) in [7, 11) is 0. The predicted octanol–water partition coefficient (Wildman–Crippen LogP) is 4.04. The molecular formula is C21H34N4O. The SMILES string of the molecule is CC(C)CCCC(C)NC(N)=NCc1cccc(NC(=O)C2CCC2)c1. The van der Waals surface area contributed by atoms with Gasteiger partial charge < -0.3 is 16.4 Å². The number of rotatable bonds is 9. The Balaban J connectivity index is 1.78. The van der Waals surface area contributed by atoms with Gasteiger partial charge in [-0.15, -0.1) is 0 Å². The Morgan fingerprint density at radius 1 is 1.27 bits per heavy atom. The number of anilines is 1. The second-order valence-electron chi connectivity index (χ2n) is 7.89. The van der Waals surface area contributed by atoms with Crippen molar-refractivity contribution >= 4 is 17.6 Å². The van der Waals surface area contributed by atoms with Gasteiger partial charge in [0.15, 0.2) is 5.96 Å². The number of nitrogens with two attached hydrogens (primary N) is 1. The van der Waals surface area contributed by atoms with Crippen LogP contribution in [0.15, 0.2) is 29.3 Å². The number of carbonyl (C=O) groups is 1. The van der Waals surface area contributed by atoms with Crippen LogP contribution in [-0.4, -0.2) is 17.9 Å². The van der Waals surface area contributed by atoms with Gasteiger partial charge >= 0.3 is 0 Å². The Kier molecular flexibility index (Phi) is 7.95. The van der Waals surface area contributed by atoms with Crippen molar-refractivity contribution in [1.82, 2.24) is 5.32 Å². The van der Waals surface area contributed by atoms with Crippen LogP contribution in [0.5, 0.6) is 0 Å². The van der Waals surface area contributed by atoms with Gasteiger partial charge in [0.2, 0.25) is 5.91 Å². The molecule has 5 nitrogen and oxygen atoms in total. The fourth-order valence-electron chi connectivity index (χ4n) is 3.04. The highest BCUT2D eigenvalue weighted by Gasteiger charge is 2.25. The van der Waals surface area contributed by atoms with E-state index in [1.165, 1.54) is 12.8 Å². The van der Waals surface area contributed by atoms with Crippen LogP contribution in [-0.2, 0) is 11.3 Å². The molecular weight excluding hydrogens is 324 g/mol. The van der Waals surface area contributed by atoms with Gasteiger partial charge in [0.25, 0.3) is 0 Å². The van der Waals surface area contributed by atoms with Crippen molar-refractivity contribution in [3.8, 4) is 0 Å². The third-order valence-electron chi connectivity index (χ3n) is 4.92. The number of benzene rings is 1. The molecule has 0 saturated heterocycles. The number of nitrogens with zero attached hydrogens (tertiary/aromatic N) is 1. The normalized spacial score (nSPS) is 16.2. The molecule has 0 bridgehead atoms. The average molecular weight is 359 g/mol. The topological polar surface area (TPSA) is 79.5 Å². The van der Waals surface area contributed by atoms with Gasteiger partial charge in [-0.25, -0.2) is 4.99 Å². The van der Waals surface area contributed by atoms with Gasteiger partial charge in [-0.3, -0.25) is 4.79 Å². The smallest absolute Gasteiger partial charge is 0.227 e. The second kappa shape index (κ2) is 10.2. The summed E-state index contributed by atoms with van der Waals surface area (Å²) in [4.78, 5) is 16.5. The van der Waals surface area contributed by atoms with Gasteiger partial charge in [0.1, 0.15) is 0 Å². The molecule has 0 spiro atoms. The van der Waals surface area contributed by atoms with E-state index >= 15 is 0 Å². The minimum atomic E-state index is 0.133. The molecule has 1 aromatic rings. The molecule has 0 heterocycles. The molecule has 1 amide bonds. The molecule has 2 rings (SSSR count). The first-order chi connectivity index (χ1) is 12.4. The fraction of sp³-hybridized carbons (Fsp3) is 0.619. The summed E-state index contributed by atoms with van der Waals surface area (Å²) in [6.07, 6.45) is 6.71. The Morgan fingerprint density at radius 2 is 2.04 bits per heavy atom. The van der Waals surface area contributed by atoms with E-state index < -0.39 is 0 Å². The van der Waals surface area contributed by atoms with Gasteiger partial charge in [-0.05, 0) is 49.8 Å². The standard InChI is InChI=1S/C21H34N4O/c1-15(2)7-4-8-16(3)24-21(22)23-14-17-9-5-12-19(13-17)25-20(26)18-10-6-11-18/h5,9,12-13,15-16,18H,4,6-8,10-11,14H2,1-3H3,(H,25,26)(H3,22,23,24). The highest BCUT2D eigenvalue weighted by Crippen LogP contribution is 2.27. The molecule has 5 heteroatoms. The van der Waals surface area contributed by atoms with Crippen LogP contribution in [0.2, 0.25) is 0 Å². The zero-order valence-corrected chi connectivity index (χ0v) is 16.4. The van der Waals surface area contributed by atoms with Gasteiger partial charge in [0.05, 0.1) is 6.54 Å². The first-order valence-electron chi connectivity index (χ1n) is 9.90. The third-order valence-corrected chi connectivity index (χ3v) is 4.92. The molecule has 1 saturated carbocycles. The Labute approximate surface area is 157 Å². The largest absolute Gasteiger partial charge is 0.370 e. The fourth-order valence-corrected chi connectivity index (χ4v) is 3.04. The molecule has 0 radical (unpaired) electrons. The van der Waals surface area contributed by atoms with Crippen molar-refractivity contribution in [2.45, 2.75) is 71.9 Å². The summed E-state index contributed by atoms with van der Waals surface area (Å²) < 4.78 is 0. The Morgan fingerprint density at radius 3 is 2.69 bits per heavy atom. The number of nitrogens with one attached hydrogen (secondary N) is 2. The maximum absolute atomic E-state index is 12.1. The summed E-state index contributed by atoms with van der Waals surface area (Å²) in [5.74, 6) is 1.54. The van der Waals surface area contributed by atoms with E-state index in [0.717, 1.165) is 42.9 Å². The lowest BCUT2D eigenvalue weighted by Gasteiger charge is -2.24. The summed E-state index contributed by atoms with van der Waals surface area (Å²) in [5, 5.41) is 6.26. The number of hydrogen-bond acceptors (Lipinski definition) is 2. The van der Waals surface area contributed by atoms with E-state index in [2.05, 4.69) is 36.4 Å². The number of hydrogen-bond donors (Lipinski definition) is 3. The van der Waals surface area contributed by atoms with E-state index in [1.807, 2.05) is 24.3 Å². The monoisotopic (exact) mass is 358 g/mol. The number of aliphatic imine (C=N–C) groups is 1. The lowest BCUT2D eigenvalue weighted by atomic mass is 9.85. The maximum atomic E-state index is 12.1. The van der Waals surface area contributed by atoms with Crippen LogP contribution in [0.25, 0.3) is 0 Å². The zero-order chi connectivity index (χ0) is 18.9. The molecule has 1 aliphatic rings. The summed E-state index contributed by atoms with van der Waals surface area (Å²) in [6, 6.07) is 8.16. The molecule has 4 N–H and O–H groups in total. The molecule has 1 fully saturated rings. The molecule has 0 aromatic heterocycles. The number of guanidine groups is 1. The lowest BCUT2D eigenvalue weighted by molar-refractivity contribution is -0.122. The minimum Gasteiger partial charge on any atom is -0.370 e. The molecule has 1 unspecified atom stereocenters. The van der Waals surface area contributed by atoms with Crippen LogP contribution in [0, 0.1) is 11.8 Å². The van der Waals surface area contributed by atoms with Gasteiger partial charge in [0, 0.05) is 17.6 Å². The third kappa shape index (κ3) is 7.06. The van der Waals surface area contributed by atoms with Crippen molar-refractivity contribution < 1.29 is 4.79 Å². The quantitative estimate of drug-likeness (QED) is 0.460. The predicted molar refractivity (Wildman–Crippen MR) is 109 cm³/mol. The molecule has 1 atom stereocenters. The zero-order valence-electron chi connectivity index (χ0n) is 16.4. The van der Waals surface area contributed by atoms with Crippen LogP contribution >= 0.6 is 0 Å². The Bertz CT molecular complexity index is 608. The Hall–Kier alpha value is -2.04. The van der Waals surface area contributed by atoms with E-state index in [1.54, 1.807) is 0 Å². The van der Waals surface area contributed by atoms with Crippen molar-refractivity contribution in [3.05, 3.63) is 29.8 Å². The first-order valence-corrected chi connectivity index (χ1v) is 9.90. The molecule has 0 aliphatic heterocycles. The van der Waals surface area contributed by atoms with Crippen LogP contribution < -0.4 is 16.4 Å². The highest BCUT2D eigenvalue weighted by atomic mass is 16.1. The first kappa shape index (κ1) is 20.3. The van der Waals surface area contributed by atoms with Gasteiger partial charge in [-0.1, -0.05) is 45.2 Å². The van der Waals surface area contributed by atoms with Crippen molar-refractivity contribution in [2.24, 2.45) is 22.6 Å². The summed E-state index contributed by atoms with van der Waals surface area (Å²) >= 11 is 0. The number of amides is 1. The van der Waals surface area contributed by atoms with Crippen molar-refractivity contribution in [1.29, 1.82) is 0 Å². The lowest BCUT2D eigenvalue weighted by Crippen LogP contribution is -2.38. The van der Waals surface area contributed by atoms with E-state index in [9.17, 15) is 4.79 Å². The van der Waals surface area contributed by atoms with Crippen molar-refractivity contribution in [3.63, 3.8) is 0 Å². The summed E-state index contributed by atoms with van der Waals surface area (Å²) in [5.41, 5.74) is 7.88. The highest BCUT2D eigenvalue weighted by molar-refractivity contribution is 5.93. The van der Waals surface area contributed by atoms with Crippen LogP contribution in [0.4, 0.5) is 5.69 Å². The van der Waals surface area contributed by atoms with E-state index in [-0.39, 0.29) is 11.8 Å². The molecule has 144 valence electrons. The van der Waals surface area contributed by atoms with Crippen LogP contribution in [0.1, 0.15) is 64.9 Å². The molecule has 26 heavy (non-hydrogen) atoms. The van der Waals surface area contributed by atoms with E-state index in [0.29, 0.717) is 18.5 Å². The maximum Gasteiger partial charge on any atom is 0.227 e. The van der Waals surface area contributed by atoms with Crippen molar-refractivity contribution in [2.75, 3.05) is 5.32 Å². The molecule has 1 aromatic carbocycles. The average Bonchev–Trinajstić information content (AvgIpc) is 2.51. The van der Waals surface area contributed by atoms with E-state index in [4.69, 9.17) is 5.73 Å². The second-order valence-corrected chi connectivity index (χ2v) is 7.89. The number of carbonyl (C=O) groups excluding carboxylic acids is 1. The summed E-state index contributed by atoms with van der Waals surface area (Å²) in [6.45, 7) is 7.14. The molecule has 1 aliphatic carbocycles. The van der Waals surface area contributed by atoms with Gasteiger partial charge in [-0.2, -0.15) is 0 Å². The minimum absolute atomic E-state index is 0.133.